The van der Waals surface area contributed by atoms with Crippen LogP contribution in [0.15, 0.2) is 36.5 Å². The van der Waals surface area contributed by atoms with E-state index in [9.17, 15) is 9.59 Å². The van der Waals surface area contributed by atoms with Crippen molar-refractivity contribution in [3.05, 3.63) is 53.2 Å². The van der Waals surface area contributed by atoms with Gasteiger partial charge in [0, 0.05) is 30.9 Å². The van der Waals surface area contributed by atoms with Gasteiger partial charge < -0.3 is 15.0 Å². The highest BCUT2D eigenvalue weighted by atomic mass is 16.5. The summed E-state index contributed by atoms with van der Waals surface area (Å²) in [4.78, 5) is 30.8. The molecular weight excluding hydrogens is 354 g/mol. The van der Waals surface area contributed by atoms with E-state index in [4.69, 9.17) is 4.74 Å². The SMILES string of the molecule is Cc1cccc(C)c1Oc1ncccc1CNC(=O)C(=O)N1CCCC[C@H]1C. The number of likely N-dealkylation sites (tertiary alicyclic amines) is 1. The van der Waals surface area contributed by atoms with E-state index in [1.165, 1.54) is 0 Å². The number of amides is 2. The molecule has 0 bridgehead atoms. The zero-order chi connectivity index (χ0) is 20.1. The zero-order valence-corrected chi connectivity index (χ0v) is 16.7. The molecule has 1 N–H and O–H groups in total. The van der Waals surface area contributed by atoms with Gasteiger partial charge in [-0.15, -0.1) is 0 Å². The van der Waals surface area contributed by atoms with Gasteiger partial charge >= 0.3 is 11.8 Å². The van der Waals surface area contributed by atoms with Gasteiger partial charge in [0.2, 0.25) is 5.88 Å². The van der Waals surface area contributed by atoms with Gasteiger partial charge in [0.15, 0.2) is 0 Å². The quantitative estimate of drug-likeness (QED) is 0.823. The summed E-state index contributed by atoms with van der Waals surface area (Å²) in [6, 6.07) is 9.66. The smallest absolute Gasteiger partial charge is 0.312 e. The molecule has 3 rings (SSSR count). The first-order valence-electron chi connectivity index (χ1n) is 9.74. The van der Waals surface area contributed by atoms with Crippen LogP contribution in [0.25, 0.3) is 0 Å². The number of nitrogens with one attached hydrogen (secondary N) is 1. The molecule has 6 nitrogen and oxygen atoms in total. The number of rotatable bonds is 4. The van der Waals surface area contributed by atoms with E-state index in [1.807, 2.05) is 45.0 Å². The summed E-state index contributed by atoms with van der Waals surface area (Å²) >= 11 is 0. The van der Waals surface area contributed by atoms with Crippen LogP contribution in [0.5, 0.6) is 11.6 Å². The molecule has 6 heteroatoms. The number of benzene rings is 1. The third-order valence-corrected chi connectivity index (χ3v) is 5.15. The van der Waals surface area contributed by atoms with Crippen LogP contribution in [-0.4, -0.2) is 34.3 Å². The molecule has 1 aromatic heterocycles. The van der Waals surface area contributed by atoms with Crippen molar-refractivity contribution in [1.29, 1.82) is 0 Å². The number of carbonyl (C=O) groups excluding carboxylic acids is 2. The van der Waals surface area contributed by atoms with Crippen LogP contribution in [0.1, 0.15) is 42.9 Å². The van der Waals surface area contributed by atoms with Gasteiger partial charge in [-0.3, -0.25) is 9.59 Å². The highest BCUT2D eigenvalue weighted by molar-refractivity contribution is 6.35. The summed E-state index contributed by atoms with van der Waals surface area (Å²) in [7, 11) is 0. The lowest BCUT2D eigenvalue weighted by Crippen LogP contribution is -2.48. The number of aromatic nitrogens is 1. The molecule has 0 saturated carbocycles. The number of nitrogens with zero attached hydrogens (tertiary/aromatic N) is 2. The van der Waals surface area contributed by atoms with Crippen molar-refractivity contribution in [3.63, 3.8) is 0 Å². The van der Waals surface area contributed by atoms with Crippen LogP contribution in [0.4, 0.5) is 0 Å². The fourth-order valence-electron chi connectivity index (χ4n) is 3.49. The molecular formula is C22H27N3O3. The second-order valence-corrected chi connectivity index (χ2v) is 7.32. The average Bonchev–Trinajstić information content (AvgIpc) is 2.69. The van der Waals surface area contributed by atoms with Crippen molar-refractivity contribution in [3.8, 4) is 11.6 Å². The van der Waals surface area contributed by atoms with Gasteiger partial charge in [-0.05, 0) is 57.2 Å². The second-order valence-electron chi connectivity index (χ2n) is 7.32. The van der Waals surface area contributed by atoms with Crippen LogP contribution < -0.4 is 10.1 Å². The van der Waals surface area contributed by atoms with Gasteiger partial charge in [0.1, 0.15) is 5.75 Å². The molecule has 28 heavy (non-hydrogen) atoms. The topological polar surface area (TPSA) is 71.5 Å². The summed E-state index contributed by atoms with van der Waals surface area (Å²) < 4.78 is 6.04. The molecule has 2 heterocycles. The van der Waals surface area contributed by atoms with Gasteiger partial charge in [0.05, 0.1) is 0 Å². The van der Waals surface area contributed by atoms with Gasteiger partial charge in [0.25, 0.3) is 0 Å². The summed E-state index contributed by atoms with van der Waals surface area (Å²) in [5.74, 6) is 0.134. The van der Waals surface area contributed by atoms with Crippen molar-refractivity contribution in [1.82, 2.24) is 15.2 Å². The maximum atomic E-state index is 12.5. The summed E-state index contributed by atoms with van der Waals surface area (Å²) in [5, 5.41) is 2.72. The minimum Gasteiger partial charge on any atom is -0.438 e. The number of hydrogen-bond acceptors (Lipinski definition) is 4. The number of carbonyl (C=O) groups is 2. The van der Waals surface area contributed by atoms with Crippen molar-refractivity contribution in [2.75, 3.05) is 6.54 Å². The Labute approximate surface area is 165 Å². The van der Waals surface area contributed by atoms with Crippen LogP contribution in [0.3, 0.4) is 0 Å². The average molecular weight is 381 g/mol. The van der Waals surface area contributed by atoms with Crippen LogP contribution in [-0.2, 0) is 16.1 Å². The van der Waals surface area contributed by atoms with E-state index in [1.54, 1.807) is 17.2 Å². The molecule has 1 saturated heterocycles. The lowest BCUT2D eigenvalue weighted by Gasteiger charge is -2.32. The Balaban J connectivity index is 1.68. The van der Waals surface area contributed by atoms with E-state index < -0.39 is 11.8 Å². The first kappa shape index (κ1) is 19.9. The molecule has 2 aromatic rings. The fraction of sp³-hybridized carbons (Fsp3) is 0.409. The third-order valence-electron chi connectivity index (χ3n) is 5.15. The highest BCUT2D eigenvalue weighted by Gasteiger charge is 2.28. The lowest BCUT2D eigenvalue weighted by molar-refractivity contribution is -0.148. The van der Waals surface area contributed by atoms with E-state index in [0.717, 1.165) is 41.7 Å². The molecule has 0 aliphatic carbocycles. The van der Waals surface area contributed by atoms with Crippen LogP contribution >= 0.6 is 0 Å². The third kappa shape index (κ3) is 4.50. The molecule has 1 atom stereocenters. The molecule has 0 unspecified atom stereocenters. The first-order chi connectivity index (χ1) is 13.5. The number of piperidine rings is 1. The minimum atomic E-state index is -0.587. The number of aryl methyl sites for hydroxylation is 2. The monoisotopic (exact) mass is 381 g/mol. The number of ether oxygens (including phenoxy) is 1. The molecule has 1 aliphatic heterocycles. The second kappa shape index (κ2) is 8.87. The normalized spacial score (nSPS) is 16.5. The van der Waals surface area contributed by atoms with Crippen LogP contribution in [0.2, 0.25) is 0 Å². The number of pyridine rings is 1. The fourth-order valence-corrected chi connectivity index (χ4v) is 3.49. The largest absolute Gasteiger partial charge is 0.438 e. The van der Waals surface area contributed by atoms with Crippen molar-refractivity contribution >= 4 is 11.8 Å². The molecule has 1 fully saturated rings. The van der Waals surface area contributed by atoms with E-state index in [-0.39, 0.29) is 12.6 Å². The van der Waals surface area contributed by atoms with Crippen molar-refractivity contribution in [2.45, 2.75) is 52.6 Å². The standard InChI is InChI=1S/C22H27N3O3/c1-15-8-6-9-16(2)19(15)28-21-18(11-7-12-23-21)14-24-20(26)22(27)25-13-5-4-10-17(25)3/h6-9,11-12,17H,4-5,10,13-14H2,1-3H3,(H,24,26)/t17-/m1/s1. The Bertz CT molecular complexity index is 846. The molecule has 1 aliphatic rings. The number of hydrogen-bond donors (Lipinski definition) is 1. The van der Waals surface area contributed by atoms with Crippen molar-refractivity contribution < 1.29 is 14.3 Å². The lowest BCUT2D eigenvalue weighted by atomic mass is 10.0. The Hall–Kier alpha value is -2.89. The van der Waals surface area contributed by atoms with E-state index in [0.29, 0.717) is 12.4 Å². The van der Waals surface area contributed by atoms with Crippen molar-refractivity contribution in [2.24, 2.45) is 0 Å². The summed E-state index contributed by atoms with van der Waals surface area (Å²) in [6.45, 7) is 6.76. The predicted octanol–water partition coefficient (Wildman–Crippen LogP) is 3.51. The van der Waals surface area contributed by atoms with Gasteiger partial charge in [-0.25, -0.2) is 4.98 Å². The highest BCUT2D eigenvalue weighted by Crippen LogP contribution is 2.29. The maximum Gasteiger partial charge on any atom is 0.312 e. The maximum absolute atomic E-state index is 12.5. The van der Waals surface area contributed by atoms with Gasteiger partial charge in [-0.1, -0.05) is 24.3 Å². The van der Waals surface area contributed by atoms with Crippen LogP contribution in [0, 0.1) is 13.8 Å². The molecule has 0 spiro atoms. The van der Waals surface area contributed by atoms with E-state index in [2.05, 4.69) is 10.3 Å². The number of para-hydroxylation sites is 1. The summed E-state index contributed by atoms with van der Waals surface area (Å²) in [5.41, 5.74) is 2.74. The van der Waals surface area contributed by atoms with Gasteiger partial charge in [-0.2, -0.15) is 0 Å². The molecule has 0 radical (unpaired) electrons. The Morgan fingerprint density at radius 2 is 1.93 bits per heavy atom. The Morgan fingerprint density at radius 1 is 1.18 bits per heavy atom. The molecule has 1 aromatic carbocycles. The first-order valence-corrected chi connectivity index (χ1v) is 9.74. The zero-order valence-electron chi connectivity index (χ0n) is 16.7. The molecule has 148 valence electrons. The Morgan fingerprint density at radius 3 is 2.64 bits per heavy atom. The molecule has 2 amide bonds. The Kier molecular flexibility index (Phi) is 6.29. The predicted molar refractivity (Wildman–Crippen MR) is 107 cm³/mol. The van der Waals surface area contributed by atoms with E-state index >= 15 is 0 Å². The minimum absolute atomic E-state index is 0.105. The summed E-state index contributed by atoms with van der Waals surface area (Å²) in [6.07, 6.45) is 4.63.